The van der Waals surface area contributed by atoms with E-state index in [1.807, 2.05) is 0 Å². The van der Waals surface area contributed by atoms with Crippen LogP contribution in [-0.4, -0.2) is 20.7 Å². The van der Waals surface area contributed by atoms with E-state index in [4.69, 9.17) is 0 Å². The molecule has 6 heteroatoms. The van der Waals surface area contributed by atoms with Gasteiger partial charge in [0, 0.05) is 6.42 Å². The Morgan fingerprint density at radius 2 is 1.64 bits per heavy atom. The van der Waals surface area contributed by atoms with E-state index in [1.54, 1.807) is 0 Å². The van der Waals surface area contributed by atoms with Crippen LogP contribution in [0.15, 0.2) is 9.47 Å². The average molecular weight is 299 g/mol. The molecule has 0 aliphatic rings. The number of hydrogen-bond acceptors (Lipinski definition) is 4. The van der Waals surface area contributed by atoms with Crippen LogP contribution in [0.5, 0.6) is 0 Å². The van der Waals surface area contributed by atoms with Crippen LogP contribution in [0, 0.1) is 0 Å². The zero-order valence-electron chi connectivity index (χ0n) is 5.46. The molecular formula is C5H5Br2N3S. The molecule has 0 aliphatic heterocycles. The first-order valence-corrected chi connectivity index (χ1v) is 5.11. The summed E-state index contributed by atoms with van der Waals surface area (Å²) in [6, 6.07) is 0. The van der Waals surface area contributed by atoms with Crippen molar-refractivity contribution >= 4 is 44.5 Å². The molecule has 0 bridgehead atoms. The minimum Gasteiger partial charge on any atom is -0.207 e. The minimum atomic E-state index is 0.552. The Balaban J connectivity index is 2.89. The highest BCUT2D eigenvalue weighted by Gasteiger charge is 2.00. The van der Waals surface area contributed by atoms with Gasteiger partial charge in [-0.2, -0.15) is 17.6 Å². The third kappa shape index (κ3) is 3.04. The van der Waals surface area contributed by atoms with Gasteiger partial charge in [-0.15, -0.1) is 0 Å². The van der Waals surface area contributed by atoms with Crippen molar-refractivity contribution < 1.29 is 0 Å². The number of halogens is 2. The summed E-state index contributed by atoms with van der Waals surface area (Å²) in [5.74, 6) is 1.48. The van der Waals surface area contributed by atoms with Gasteiger partial charge in [-0.05, 0) is 37.6 Å². The lowest BCUT2D eigenvalue weighted by atomic mass is 10.5. The zero-order chi connectivity index (χ0) is 8.27. The first kappa shape index (κ1) is 9.41. The molecule has 0 fully saturated rings. The van der Waals surface area contributed by atoms with E-state index in [9.17, 15) is 0 Å². The molecule has 0 amide bonds. The Labute approximate surface area is 86.7 Å². The summed E-state index contributed by atoms with van der Waals surface area (Å²) < 4.78 is 1.10. The smallest absolute Gasteiger partial charge is 0.200 e. The second kappa shape index (κ2) is 4.37. The van der Waals surface area contributed by atoms with E-state index >= 15 is 0 Å². The molecule has 0 saturated heterocycles. The van der Waals surface area contributed by atoms with Crippen molar-refractivity contribution in [2.45, 2.75) is 6.42 Å². The van der Waals surface area contributed by atoms with Gasteiger partial charge in [-0.3, -0.25) is 0 Å². The molecule has 11 heavy (non-hydrogen) atoms. The van der Waals surface area contributed by atoms with Crippen LogP contribution in [-0.2, 0) is 6.42 Å². The molecular weight excluding hydrogens is 294 g/mol. The maximum absolute atomic E-state index is 4.07. The highest BCUT2D eigenvalue weighted by atomic mass is 79.9. The highest BCUT2D eigenvalue weighted by molar-refractivity contribution is 9.11. The normalized spacial score (nSPS) is 10.1. The SMILES string of the molecule is SCCc1nc(Br)nc(Br)n1. The summed E-state index contributed by atoms with van der Waals surface area (Å²) in [5, 5.41) is 0. The van der Waals surface area contributed by atoms with Crippen LogP contribution in [0.4, 0.5) is 0 Å². The quantitative estimate of drug-likeness (QED) is 0.847. The predicted octanol–water partition coefficient (Wildman–Crippen LogP) is 1.87. The van der Waals surface area contributed by atoms with Crippen molar-refractivity contribution in [2.24, 2.45) is 0 Å². The van der Waals surface area contributed by atoms with Gasteiger partial charge >= 0.3 is 0 Å². The second-order valence-electron chi connectivity index (χ2n) is 1.76. The highest BCUT2D eigenvalue weighted by Crippen LogP contribution is 2.08. The topological polar surface area (TPSA) is 38.7 Å². The van der Waals surface area contributed by atoms with Crippen molar-refractivity contribution in [3.05, 3.63) is 15.3 Å². The molecule has 0 aliphatic carbocycles. The predicted molar refractivity (Wildman–Crippen MR) is 52.8 cm³/mol. The fourth-order valence-electron chi connectivity index (χ4n) is 0.576. The lowest BCUT2D eigenvalue weighted by Crippen LogP contribution is -1.99. The molecule has 1 rings (SSSR count). The Morgan fingerprint density at radius 3 is 2.09 bits per heavy atom. The maximum atomic E-state index is 4.07. The van der Waals surface area contributed by atoms with Gasteiger partial charge in [-0.1, -0.05) is 0 Å². The second-order valence-corrected chi connectivity index (χ2v) is 3.63. The fourth-order valence-corrected chi connectivity index (χ4v) is 1.76. The number of thiol groups is 1. The first-order valence-electron chi connectivity index (χ1n) is 2.89. The van der Waals surface area contributed by atoms with Crippen molar-refractivity contribution in [1.82, 2.24) is 15.0 Å². The van der Waals surface area contributed by atoms with Gasteiger partial charge in [0.15, 0.2) is 0 Å². The number of aromatic nitrogens is 3. The molecule has 0 radical (unpaired) electrons. The molecule has 0 N–H and O–H groups in total. The van der Waals surface area contributed by atoms with Crippen LogP contribution < -0.4 is 0 Å². The summed E-state index contributed by atoms with van der Waals surface area (Å²) in [6.07, 6.45) is 0.753. The van der Waals surface area contributed by atoms with Crippen LogP contribution in [0.1, 0.15) is 5.82 Å². The van der Waals surface area contributed by atoms with Crippen molar-refractivity contribution in [3.8, 4) is 0 Å². The summed E-state index contributed by atoms with van der Waals surface area (Å²) >= 11 is 10.4. The van der Waals surface area contributed by atoms with Gasteiger partial charge in [0.2, 0.25) is 9.47 Å². The lowest BCUT2D eigenvalue weighted by Gasteiger charge is -1.96. The van der Waals surface area contributed by atoms with Crippen LogP contribution in [0.3, 0.4) is 0 Å². The first-order chi connectivity index (χ1) is 5.22. The van der Waals surface area contributed by atoms with Gasteiger partial charge in [-0.25, -0.2) is 9.97 Å². The lowest BCUT2D eigenvalue weighted by molar-refractivity contribution is 0.863. The Morgan fingerprint density at radius 1 is 1.09 bits per heavy atom. The Kier molecular flexibility index (Phi) is 3.74. The molecule has 1 aromatic rings. The van der Waals surface area contributed by atoms with Crippen LogP contribution in [0.2, 0.25) is 0 Å². The van der Waals surface area contributed by atoms with Gasteiger partial charge < -0.3 is 0 Å². The molecule has 0 spiro atoms. The summed E-state index contributed by atoms with van der Waals surface area (Å²) in [4.78, 5) is 12.0. The summed E-state index contributed by atoms with van der Waals surface area (Å²) in [6.45, 7) is 0. The zero-order valence-corrected chi connectivity index (χ0v) is 9.53. The van der Waals surface area contributed by atoms with E-state index in [0.29, 0.717) is 9.47 Å². The largest absolute Gasteiger partial charge is 0.207 e. The molecule has 0 atom stereocenters. The standard InChI is InChI=1S/C5H5Br2N3S/c6-4-8-3(1-2-11)9-5(7)10-4/h11H,1-2H2. The number of aryl methyl sites for hydroxylation is 1. The monoisotopic (exact) mass is 297 g/mol. The number of rotatable bonds is 2. The van der Waals surface area contributed by atoms with Gasteiger partial charge in [0.25, 0.3) is 0 Å². The Bertz CT molecular complexity index is 235. The molecule has 0 saturated carbocycles. The average Bonchev–Trinajstić information content (AvgIpc) is 1.85. The van der Waals surface area contributed by atoms with Crippen LogP contribution >= 0.6 is 44.5 Å². The van der Waals surface area contributed by atoms with Crippen molar-refractivity contribution in [1.29, 1.82) is 0 Å². The molecule has 1 heterocycles. The third-order valence-corrected chi connectivity index (χ3v) is 1.90. The molecule has 1 aromatic heterocycles. The number of hydrogen-bond donors (Lipinski definition) is 1. The molecule has 0 unspecified atom stereocenters. The van der Waals surface area contributed by atoms with E-state index in [2.05, 4.69) is 59.4 Å². The maximum Gasteiger partial charge on any atom is 0.200 e. The van der Waals surface area contributed by atoms with Gasteiger partial charge in [0.05, 0.1) is 0 Å². The van der Waals surface area contributed by atoms with E-state index in [-0.39, 0.29) is 0 Å². The summed E-state index contributed by atoms with van der Waals surface area (Å²) in [7, 11) is 0. The fraction of sp³-hybridized carbons (Fsp3) is 0.400. The summed E-state index contributed by atoms with van der Waals surface area (Å²) in [5.41, 5.74) is 0. The van der Waals surface area contributed by atoms with E-state index < -0.39 is 0 Å². The van der Waals surface area contributed by atoms with Crippen LogP contribution in [0.25, 0.3) is 0 Å². The van der Waals surface area contributed by atoms with E-state index in [1.165, 1.54) is 0 Å². The molecule has 60 valence electrons. The molecule has 0 aromatic carbocycles. The molecule has 3 nitrogen and oxygen atoms in total. The third-order valence-electron chi connectivity index (χ3n) is 0.963. The van der Waals surface area contributed by atoms with E-state index in [0.717, 1.165) is 18.0 Å². The van der Waals surface area contributed by atoms with Crippen molar-refractivity contribution in [3.63, 3.8) is 0 Å². The minimum absolute atomic E-state index is 0.552. The number of nitrogens with zero attached hydrogens (tertiary/aromatic N) is 3. The Hall–Kier alpha value is 0.320. The van der Waals surface area contributed by atoms with Gasteiger partial charge in [0.1, 0.15) is 5.82 Å². The van der Waals surface area contributed by atoms with Crippen molar-refractivity contribution in [2.75, 3.05) is 5.75 Å².